The van der Waals surface area contributed by atoms with E-state index in [-0.39, 0.29) is 5.91 Å². The van der Waals surface area contributed by atoms with Gasteiger partial charge in [0.1, 0.15) is 0 Å². The van der Waals surface area contributed by atoms with Gasteiger partial charge in [0, 0.05) is 25.0 Å². The van der Waals surface area contributed by atoms with Crippen molar-refractivity contribution in [3.63, 3.8) is 0 Å². The smallest absolute Gasteiger partial charge is 0.236 e. The van der Waals surface area contributed by atoms with Crippen LogP contribution in [0.4, 0.5) is 0 Å². The molecule has 0 saturated heterocycles. The second kappa shape index (κ2) is 6.47. The lowest BCUT2D eigenvalue weighted by atomic mass is 10.1. The second-order valence-electron chi connectivity index (χ2n) is 4.35. The summed E-state index contributed by atoms with van der Waals surface area (Å²) in [6.07, 6.45) is 6.02. The van der Waals surface area contributed by atoms with Crippen LogP contribution in [0, 0.1) is 0 Å². The molecule has 1 fully saturated rings. The molecule has 0 aliphatic heterocycles. The Hall–Kier alpha value is -0.260. The molecule has 1 aliphatic carbocycles. The number of ether oxygens (including phenoxy) is 1. The molecule has 1 amide bonds. The Morgan fingerprint density at radius 1 is 1.62 bits per heavy atom. The standard InChI is InChI=1S/C11H22N2O2S/c1-15-7-3-4-9(12)10(14)13-8-11(16-2)5-6-11/h9H,3-8,12H2,1-2H3,(H,13,14). The van der Waals surface area contributed by atoms with Crippen molar-refractivity contribution in [1.29, 1.82) is 0 Å². The molecule has 1 saturated carbocycles. The van der Waals surface area contributed by atoms with E-state index >= 15 is 0 Å². The zero-order valence-corrected chi connectivity index (χ0v) is 10.9. The second-order valence-corrected chi connectivity index (χ2v) is 5.62. The van der Waals surface area contributed by atoms with E-state index in [9.17, 15) is 4.79 Å². The van der Waals surface area contributed by atoms with E-state index in [1.165, 1.54) is 12.8 Å². The number of amides is 1. The summed E-state index contributed by atoms with van der Waals surface area (Å²) in [6.45, 7) is 1.42. The highest BCUT2D eigenvalue weighted by molar-refractivity contribution is 8.00. The van der Waals surface area contributed by atoms with Crippen molar-refractivity contribution in [3.05, 3.63) is 0 Å². The monoisotopic (exact) mass is 246 g/mol. The van der Waals surface area contributed by atoms with Gasteiger partial charge in [0.25, 0.3) is 0 Å². The molecule has 0 aromatic rings. The first-order chi connectivity index (χ1) is 7.63. The first-order valence-corrected chi connectivity index (χ1v) is 6.93. The summed E-state index contributed by atoms with van der Waals surface area (Å²) in [5.74, 6) is -0.0311. The Morgan fingerprint density at radius 2 is 2.31 bits per heavy atom. The lowest BCUT2D eigenvalue weighted by Crippen LogP contribution is -2.43. The fraction of sp³-hybridized carbons (Fsp3) is 0.909. The van der Waals surface area contributed by atoms with Gasteiger partial charge in [-0.1, -0.05) is 0 Å². The SMILES string of the molecule is COCCCC(N)C(=O)NCC1(SC)CC1. The van der Waals surface area contributed by atoms with Gasteiger partial charge >= 0.3 is 0 Å². The number of thioether (sulfide) groups is 1. The zero-order chi connectivity index (χ0) is 12.0. The largest absolute Gasteiger partial charge is 0.385 e. The summed E-state index contributed by atoms with van der Waals surface area (Å²) < 4.78 is 5.23. The molecular weight excluding hydrogens is 224 g/mol. The Bertz CT molecular complexity index is 232. The molecule has 0 radical (unpaired) electrons. The summed E-state index contributed by atoms with van der Waals surface area (Å²) in [4.78, 5) is 11.6. The van der Waals surface area contributed by atoms with Gasteiger partial charge in [0.05, 0.1) is 6.04 Å². The van der Waals surface area contributed by atoms with E-state index in [1.807, 2.05) is 11.8 Å². The lowest BCUT2D eigenvalue weighted by Gasteiger charge is -2.16. The summed E-state index contributed by atoms with van der Waals surface area (Å²) in [5.41, 5.74) is 5.77. The third-order valence-corrected chi connectivity index (χ3v) is 4.44. The van der Waals surface area contributed by atoms with E-state index in [0.29, 0.717) is 17.8 Å². The fourth-order valence-corrected chi connectivity index (χ4v) is 2.28. The molecule has 0 aromatic carbocycles. The van der Waals surface area contributed by atoms with Crippen LogP contribution in [0.5, 0.6) is 0 Å². The van der Waals surface area contributed by atoms with Crippen molar-refractivity contribution in [2.75, 3.05) is 26.5 Å². The fourth-order valence-electron chi connectivity index (χ4n) is 1.55. The highest BCUT2D eigenvalue weighted by Gasteiger charge is 2.42. The van der Waals surface area contributed by atoms with Crippen molar-refractivity contribution in [2.24, 2.45) is 5.73 Å². The Morgan fingerprint density at radius 3 is 2.81 bits per heavy atom. The first-order valence-electron chi connectivity index (χ1n) is 5.71. The minimum atomic E-state index is -0.396. The average molecular weight is 246 g/mol. The molecular formula is C11H22N2O2S. The third-order valence-electron chi connectivity index (χ3n) is 3.03. The van der Waals surface area contributed by atoms with Crippen molar-refractivity contribution in [1.82, 2.24) is 5.32 Å². The number of carbonyl (C=O) groups is 1. The maximum Gasteiger partial charge on any atom is 0.236 e. The van der Waals surface area contributed by atoms with Gasteiger partial charge in [-0.15, -0.1) is 0 Å². The maximum absolute atomic E-state index is 11.6. The van der Waals surface area contributed by atoms with Crippen LogP contribution >= 0.6 is 11.8 Å². The van der Waals surface area contributed by atoms with Crippen molar-refractivity contribution in [3.8, 4) is 0 Å². The molecule has 16 heavy (non-hydrogen) atoms. The van der Waals surface area contributed by atoms with Gasteiger partial charge in [0.15, 0.2) is 0 Å². The van der Waals surface area contributed by atoms with Crippen LogP contribution in [0.1, 0.15) is 25.7 Å². The molecule has 1 unspecified atom stereocenters. The van der Waals surface area contributed by atoms with Crippen LogP contribution < -0.4 is 11.1 Å². The van der Waals surface area contributed by atoms with Gasteiger partial charge in [-0.05, 0) is 31.9 Å². The molecule has 0 aromatic heterocycles. The summed E-state index contributed by atoms with van der Waals surface area (Å²) in [5, 5.41) is 2.94. The van der Waals surface area contributed by atoms with Crippen molar-refractivity contribution < 1.29 is 9.53 Å². The van der Waals surface area contributed by atoms with Gasteiger partial charge in [-0.2, -0.15) is 11.8 Å². The molecule has 3 N–H and O–H groups in total. The Labute approximate surface area is 102 Å². The average Bonchev–Trinajstić information content (AvgIpc) is 3.07. The van der Waals surface area contributed by atoms with Gasteiger partial charge in [0.2, 0.25) is 5.91 Å². The third kappa shape index (κ3) is 4.31. The van der Waals surface area contributed by atoms with Crippen molar-refractivity contribution in [2.45, 2.75) is 36.5 Å². The van der Waals surface area contributed by atoms with E-state index < -0.39 is 6.04 Å². The van der Waals surface area contributed by atoms with Gasteiger partial charge in [-0.25, -0.2) is 0 Å². The maximum atomic E-state index is 11.6. The minimum Gasteiger partial charge on any atom is -0.385 e. The Kier molecular flexibility index (Phi) is 5.58. The predicted molar refractivity (Wildman–Crippen MR) is 67.6 cm³/mol. The molecule has 0 heterocycles. The van der Waals surface area contributed by atoms with Crippen LogP contribution in [-0.4, -0.2) is 43.2 Å². The summed E-state index contributed by atoms with van der Waals surface area (Å²) in [7, 11) is 1.65. The van der Waals surface area contributed by atoms with Gasteiger partial charge in [-0.3, -0.25) is 4.79 Å². The first kappa shape index (κ1) is 13.8. The molecule has 1 rings (SSSR count). The Balaban J connectivity index is 2.13. The molecule has 0 spiro atoms. The van der Waals surface area contributed by atoms with E-state index in [1.54, 1.807) is 7.11 Å². The molecule has 5 heteroatoms. The minimum absolute atomic E-state index is 0.0311. The quantitative estimate of drug-likeness (QED) is 0.620. The molecule has 94 valence electrons. The van der Waals surface area contributed by atoms with E-state index in [4.69, 9.17) is 10.5 Å². The summed E-state index contributed by atoms with van der Waals surface area (Å²) in [6, 6.07) is -0.396. The van der Waals surface area contributed by atoms with E-state index in [2.05, 4.69) is 11.6 Å². The van der Waals surface area contributed by atoms with Crippen LogP contribution in [0.25, 0.3) is 0 Å². The van der Waals surface area contributed by atoms with E-state index in [0.717, 1.165) is 13.0 Å². The van der Waals surface area contributed by atoms with Crippen LogP contribution in [0.3, 0.4) is 0 Å². The number of hydrogen-bond donors (Lipinski definition) is 2. The number of nitrogens with one attached hydrogen (secondary N) is 1. The van der Waals surface area contributed by atoms with Crippen molar-refractivity contribution >= 4 is 17.7 Å². The number of hydrogen-bond acceptors (Lipinski definition) is 4. The predicted octanol–water partition coefficient (Wildman–Crippen LogP) is 0.752. The molecule has 4 nitrogen and oxygen atoms in total. The molecule has 0 bridgehead atoms. The van der Waals surface area contributed by atoms with Crippen LogP contribution in [0.2, 0.25) is 0 Å². The number of methoxy groups -OCH3 is 1. The number of nitrogens with two attached hydrogens (primary N) is 1. The van der Waals surface area contributed by atoms with Crippen LogP contribution in [-0.2, 0) is 9.53 Å². The highest BCUT2D eigenvalue weighted by Crippen LogP contribution is 2.46. The lowest BCUT2D eigenvalue weighted by molar-refractivity contribution is -0.122. The summed E-state index contributed by atoms with van der Waals surface area (Å²) >= 11 is 1.84. The van der Waals surface area contributed by atoms with Gasteiger partial charge < -0.3 is 15.8 Å². The number of carbonyl (C=O) groups excluding carboxylic acids is 1. The number of rotatable bonds is 8. The molecule has 1 atom stereocenters. The zero-order valence-electron chi connectivity index (χ0n) is 10.1. The normalized spacial score (nSPS) is 19.2. The molecule has 1 aliphatic rings. The highest BCUT2D eigenvalue weighted by atomic mass is 32.2. The van der Waals surface area contributed by atoms with Crippen LogP contribution in [0.15, 0.2) is 0 Å². The topological polar surface area (TPSA) is 64.3 Å².